The minimum absolute atomic E-state index is 0.497. The van der Waals surface area contributed by atoms with Crippen LogP contribution in [0.2, 0.25) is 0 Å². The molecular weight excluding hydrogens is 867 g/mol. The molecule has 0 aliphatic heterocycles. The molecular formula is C71H49N. The zero-order valence-corrected chi connectivity index (χ0v) is 39.7. The number of nitrogens with zero attached hydrogens (tertiary/aromatic N) is 1. The molecule has 1 nitrogen and oxygen atoms in total. The summed E-state index contributed by atoms with van der Waals surface area (Å²) in [7, 11) is 0. The van der Waals surface area contributed by atoms with Crippen LogP contribution in [-0.2, 0) is 5.41 Å². The fourth-order valence-electron chi connectivity index (χ4n) is 11.6. The molecule has 12 aromatic carbocycles. The first-order valence-electron chi connectivity index (χ1n) is 24.9. The summed E-state index contributed by atoms with van der Waals surface area (Å²) >= 11 is 0. The summed E-state index contributed by atoms with van der Waals surface area (Å²) in [6, 6.07) is 109. The highest BCUT2D eigenvalue weighted by Gasteiger charge is 2.45. The number of anilines is 3. The van der Waals surface area contributed by atoms with Gasteiger partial charge in [-0.2, -0.15) is 0 Å². The second-order valence-electron chi connectivity index (χ2n) is 18.7. The van der Waals surface area contributed by atoms with Crippen LogP contribution in [-0.4, -0.2) is 0 Å². The zero-order valence-electron chi connectivity index (χ0n) is 39.7. The van der Waals surface area contributed by atoms with Crippen molar-refractivity contribution >= 4 is 27.8 Å². The van der Waals surface area contributed by atoms with Gasteiger partial charge in [-0.1, -0.05) is 261 Å². The summed E-state index contributed by atoms with van der Waals surface area (Å²) in [5.74, 6) is 0. The smallest absolute Gasteiger partial charge is 0.0713 e. The van der Waals surface area contributed by atoms with Crippen molar-refractivity contribution in [3.8, 4) is 66.8 Å². The molecule has 72 heavy (non-hydrogen) atoms. The first-order chi connectivity index (χ1) is 35.7. The van der Waals surface area contributed by atoms with Gasteiger partial charge in [0.25, 0.3) is 0 Å². The molecule has 0 fully saturated rings. The Balaban J connectivity index is 0.989. The summed E-state index contributed by atoms with van der Waals surface area (Å²) < 4.78 is 0. The lowest BCUT2D eigenvalue weighted by Gasteiger charge is -2.34. The third-order valence-electron chi connectivity index (χ3n) is 14.8. The number of para-hydroxylation sites is 1. The van der Waals surface area contributed by atoms with E-state index in [0.29, 0.717) is 0 Å². The van der Waals surface area contributed by atoms with Gasteiger partial charge < -0.3 is 4.90 Å². The van der Waals surface area contributed by atoms with E-state index in [1.54, 1.807) is 0 Å². The van der Waals surface area contributed by atoms with Gasteiger partial charge in [0.2, 0.25) is 0 Å². The fraction of sp³-hybridized carbons (Fsp3) is 0.0141. The van der Waals surface area contributed by atoms with E-state index in [9.17, 15) is 0 Å². The lowest BCUT2D eigenvalue weighted by atomic mass is 9.68. The molecule has 13 rings (SSSR count). The van der Waals surface area contributed by atoms with Crippen molar-refractivity contribution in [1.82, 2.24) is 0 Å². The molecule has 0 amide bonds. The number of hydrogen-bond acceptors (Lipinski definition) is 1. The number of benzene rings is 12. The number of fused-ring (bicyclic) bond motifs is 4. The Morgan fingerprint density at radius 3 is 1.26 bits per heavy atom. The van der Waals surface area contributed by atoms with Gasteiger partial charge in [-0.3, -0.25) is 0 Å². The fourth-order valence-corrected chi connectivity index (χ4v) is 11.6. The summed E-state index contributed by atoms with van der Waals surface area (Å²) in [6.45, 7) is 0. The van der Waals surface area contributed by atoms with Crippen molar-refractivity contribution in [3.63, 3.8) is 0 Å². The van der Waals surface area contributed by atoms with Crippen LogP contribution in [0.25, 0.3) is 77.5 Å². The van der Waals surface area contributed by atoms with Gasteiger partial charge in [-0.05, 0) is 131 Å². The average molecular weight is 916 g/mol. The van der Waals surface area contributed by atoms with Crippen LogP contribution in [0.15, 0.2) is 297 Å². The van der Waals surface area contributed by atoms with E-state index in [-0.39, 0.29) is 0 Å². The quantitative estimate of drug-likeness (QED) is 0.132. The summed E-state index contributed by atoms with van der Waals surface area (Å²) in [6.07, 6.45) is 0. The van der Waals surface area contributed by atoms with E-state index in [2.05, 4.69) is 302 Å². The highest BCUT2D eigenvalue weighted by molar-refractivity contribution is 6.09. The minimum atomic E-state index is -0.497. The SMILES string of the molecule is c1ccc(-c2ccc(-c3ccc(N(c4ccc(C5(c6ccccc6)c6ccccc6-c6ccccc65)cc4)c4ccccc4-c4cccc5cccc(-c6ccccc6)c45)cc3)cc2-c2ccccc2)cc1. The first-order valence-corrected chi connectivity index (χ1v) is 24.9. The summed E-state index contributed by atoms with van der Waals surface area (Å²) in [5, 5.41) is 2.45. The van der Waals surface area contributed by atoms with Gasteiger partial charge in [0.05, 0.1) is 11.1 Å². The third-order valence-corrected chi connectivity index (χ3v) is 14.8. The van der Waals surface area contributed by atoms with Gasteiger partial charge in [-0.25, -0.2) is 0 Å². The van der Waals surface area contributed by atoms with E-state index in [1.807, 2.05) is 0 Å². The second kappa shape index (κ2) is 18.2. The first kappa shape index (κ1) is 42.8. The maximum atomic E-state index is 2.45. The van der Waals surface area contributed by atoms with E-state index in [4.69, 9.17) is 0 Å². The topological polar surface area (TPSA) is 3.24 Å². The zero-order chi connectivity index (χ0) is 47.8. The molecule has 0 heterocycles. The van der Waals surface area contributed by atoms with Gasteiger partial charge in [0.15, 0.2) is 0 Å². The Labute approximate surface area is 422 Å². The van der Waals surface area contributed by atoms with E-state index >= 15 is 0 Å². The maximum Gasteiger partial charge on any atom is 0.0713 e. The number of rotatable bonds is 10. The Kier molecular flexibility index (Phi) is 10.8. The van der Waals surface area contributed by atoms with E-state index in [0.717, 1.165) is 28.2 Å². The van der Waals surface area contributed by atoms with Crippen LogP contribution in [0, 0.1) is 0 Å². The molecule has 1 aliphatic rings. The molecule has 0 N–H and O–H groups in total. The van der Waals surface area contributed by atoms with Crippen molar-refractivity contribution in [2.75, 3.05) is 4.90 Å². The number of hydrogen-bond donors (Lipinski definition) is 0. The van der Waals surface area contributed by atoms with Gasteiger partial charge >= 0.3 is 0 Å². The van der Waals surface area contributed by atoms with E-state index < -0.39 is 5.41 Å². The molecule has 0 radical (unpaired) electrons. The van der Waals surface area contributed by atoms with Gasteiger partial charge in [0.1, 0.15) is 0 Å². The second-order valence-corrected chi connectivity index (χ2v) is 18.7. The van der Waals surface area contributed by atoms with Gasteiger partial charge in [0, 0.05) is 16.9 Å². The minimum Gasteiger partial charge on any atom is -0.310 e. The van der Waals surface area contributed by atoms with Gasteiger partial charge in [-0.15, -0.1) is 0 Å². The maximum absolute atomic E-state index is 2.45. The predicted molar refractivity (Wildman–Crippen MR) is 303 cm³/mol. The van der Waals surface area contributed by atoms with Crippen molar-refractivity contribution in [2.24, 2.45) is 0 Å². The van der Waals surface area contributed by atoms with Crippen LogP contribution in [0.4, 0.5) is 17.1 Å². The normalized spacial score (nSPS) is 12.3. The Morgan fingerprint density at radius 2 is 0.667 bits per heavy atom. The van der Waals surface area contributed by atoms with Crippen molar-refractivity contribution in [1.29, 1.82) is 0 Å². The average Bonchev–Trinajstić information content (AvgIpc) is 3.77. The molecule has 0 aromatic heterocycles. The molecule has 0 unspecified atom stereocenters. The molecule has 338 valence electrons. The van der Waals surface area contributed by atoms with Crippen molar-refractivity contribution in [2.45, 2.75) is 5.41 Å². The standard InChI is InChI=1S/C71H49N/c1-5-21-51(22-6-1)60-48-41-55(49-66(60)53-25-9-3-10-26-53)50-39-44-58(45-40-50)72(69-38-18-15-33-64(69)65-35-20-28-54-27-19-34-61(70(54)65)52-23-7-2-8-24-52)59-46-42-57(43-47-59)71(56-29-11-4-12-30-56)67-36-16-13-31-62(67)63-32-14-17-37-68(63)71/h1-49H. The van der Waals surface area contributed by atoms with Crippen molar-refractivity contribution < 1.29 is 0 Å². The monoisotopic (exact) mass is 915 g/mol. The molecule has 12 aromatic rings. The summed E-state index contributed by atoms with van der Waals surface area (Å²) in [5.41, 5.74) is 22.3. The molecule has 1 heteroatoms. The van der Waals surface area contributed by atoms with E-state index in [1.165, 1.54) is 88.7 Å². The van der Waals surface area contributed by atoms with Crippen LogP contribution in [0.5, 0.6) is 0 Å². The Hall–Kier alpha value is -9.30. The largest absolute Gasteiger partial charge is 0.310 e. The van der Waals surface area contributed by atoms with Crippen LogP contribution >= 0.6 is 0 Å². The highest BCUT2D eigenvalue weighted by Crippen LogP contribution is 2.56. The van der Waals surface area contributed by atoms with Crippen LogP contribution in [0.3, 0.4) is 0 Å². The predicted octanol–water partition coefficient (Wildman–Crippen LogP) is 19.0. The lowest BCUT2D eigenvalue weighted by Crippen LogP contribution is -2.28. The van der Waals surface area contributed by atoms with Crippen LogP contribution in [0.1, 0.15) is 22.3 Å². The molecule has 0 saturated heterocycles. The Morgan fingerprint density at radius 1 is 0.236 bits per heavy atom. The van der Waals surface area contributed by atoms with Crippen LogP contribution < -0.4 is 4.90 Å². The van der Waals surface area contributed by atoms with Crippen molar-refractivity contribution in [3.05, 3.63) is 320 Å². The Bertz CT molecular complexity index is 3830. The molecule has 1 aliphatic carbocycles. The molecule has 0 atom stereocenters. The molecule has 0 saturated carbocycles. The lowest BCUT2D eigenvalue weighted by molar-refractivity contribution is 0.768. The summed E-state index contributed by atoms with van der Waals surface area (Å²) in [4.78, 5) is 2.45. The third kappa shape index (κ3) is 7.25. The molecule has 0 bridgehead atoms. The highest BCUT2D eigenvalue weighted by atomic mass is 15.1. The molecule has 0 spiro atoms.